The van der Waals surface area contributed by atoms with Gasteiger partial charge in [-0.15, -0.1) is 0 Å². The summed E-state index contributed by atoms with van der Waals surface area (Å²) in [6, 6.07) is 19.0. The second-order valence-electron chi connectivity index (χ2n) is 6.18. The highest BCUT2D eigenvalue weighted by Gasteiger charge is 2.17. The molecule has 1 unspecified atom stereocenters. The van der Waals surface area contributed by atoms with Crippen molar-refractivity contribution in [2.45, 2.75) is 13.0 Å². The number of rotatable bonds is 4. The minimum Gasteiger partial charge on any atom is -0.502 e. The van der Waals surface area contributed by atoms with Crippen LogP contribution in [0.2, 0.25) is 0 Å². The molecule has 5 nitrogen and oxygen atoms in total. The monoisotopic (exact) mass is 348 g/mol. The Morgan fingerprint density at radius 2 is 1.73 bits per heavy atom. The van der Waals surface area contributed by atoms with Crippen molar-refractivity contribution in [1.29, 1.82) is 0 Å². The number of hydrogen-bond donors (Lipinski definition) is 2. The van der Waals surface area contributed by atoms with E-state index < -0.39 is 17.2 Å². The Morgan fingerprint density at radius 3 is 2.46 bits per heavy atom. The number of hydrogen-bond acceptors (Lipinski definition) is 3. The molecule has 0 aliphatic heterocycles. The number of nitrogens with one attached hydrogen (secondary N) is 1. The van der Waals surface area contributed by atoms with Crippen molar-refractivity contribution >= 4 is 5.91 Å². The zero-order valence-corrected chi connectivity index (χ0v) is 14.6. The lowest BCUT2D eigenvalue weighted by atomic mass is 10.00. The molecule has 3 rings (SSSR count). The van der Waals surface area contributed by atoms with Gasteiger partial charge in [-0.25, -0.2) is 0 Å². The number of aryl methyl sites for hydroxylation is 1. The predicted molar refractivity (Wildman–Crippen MR) is 101 cm³/mol. The smallest absolute Gasteiger partial charge is 0.293 e. The van der Waals surface area contributed by atoms with E-state index in [4.69, 9.17) is 0 Å². The Labute approximate surface area is 151 Å². The Hall–Kier alpha value is -3.34. The van der Waals surface area contributed by atoms with Crippen molar-refractivity contribution in [1.82, 2.24) is 9.88 Å². The molecule has 1 aromatic heterocycles. The van der Waals surface area contributed by atoms with E-state index >= 15 is 0 Å². The molecule has 2 N–H and O–H groups in total. The molecule has 26 heavy (non-hydrogen) atoms. The zero-order chi connectivity index (χ0) is 18.7. The van der Waals surface area contributed by atoms with E-state index in [2.05, 4.69) is 5.32 Å². The summed E-state index contributed by atoms with van der Waals surface area (Å²) in [5.74, 6) is -1.03. The predicted octanol–water partition coefficient (Wildman–Crippen LogP) is 3.25. The molecule has 3 aromatic rings. The summed E-state index contributed by atoms with van der Waals surface area (Å²) in [6.07, 6.45) is 1.46. The summed E-state index contributed by atoms with van der Waals surface area (Å²) in [6.45, 7) is 1.86. The topological polar surface area (TPSA) is 71.3 Å². The van der Waals surface area contributed by atoms with Crippen LogP contribution in [0.25, 0.3) is 11.1 Å². The van der Waals surface area contributed by atoms with E-state index in [1.165, 1.54) is 23.9 Å². The molecule has 0 bridgehead atoms. The fourth-order valence-corrected chi connectivity index (χ4v) is 2.77. The number of benzene rings is 2. The molecule has 1 heterocycles. The SMILES string of the molecule is CC(NC(=O)c1ccn(C)c(=O)c1O)c1cccc(-c2ccccc2)c1. The maximum atomic E-state index is 12.4. The quantitative estimate of drug-likeness (QED) is 0.760. The molecule has 2 aromatic carbocycles. The van der Waals surface area contributed by atoms with E-state index in [1.807, 2.05) is 61.5 Å². The fraction of sp³-hybridized carbons (Fsp3) is 0.143. The van der Waals surface area contributed by atoms with Crippen molar-refractivity contribution in [2.75, 3.05) is 0 Å². The third-order valence-corrected chi connectivity index (χ3v) is 4.33. The van der Waals surface area contributed by atoms with Crippen LogP contribution < -0.4 is 10.9 Å². The first-order chi connectivity index (χ1) is 12.5. The van der Waals surface area contributed by atoms with E-state index in [-0.39, 0.29) is 11.6 Å². The van der Waals surface area contributed by atoms with Crippen LogP contribution in [0.4, 0.5) is 0 Å². The molecule has 0 saturated carbocycles. The molecule has 0 radical (unpaired) electrons. The Morgan fingerprint density at radius 1 is 1.04 bits per heavy atom. The highest BCUT2D eigenvalue weighted by Crippen LogP contribution is 2.23. The van der Waals surface area contributed by atoms with Gasteiger partial charge in [-0.3, -0.25) is 9.59 Å². The molecule has 1 atom stereocenters. The molecule has 0 spiro atoms. The lowest BCUT2D eigenvalue weighted by molar-refractivity contribution is 0.0936. The summed E-state index contributed by atoms with van der Waals surface area (Å²) in [7, 11) is 1.52. The van der Waals surface area contributed by atoms with Gasteiger partial charge < -0.3 is 15.0 Å². The van der Waals surface area contributed by atoms with Crippen LogP contribution in [0.3, 0.4) is 0 Å². The van der Waals surface area contributed by atoms with Crippen molar-refractivity contribution < 1.29 is 9.90 Å². The van der Waals surface area contributed by atoms with Crippen LogP contribution in [0.1, 0.15) is 28.9 Å². The maximum Gasteiger partial charge on any atom is 0.293 e. The van der Waals surface area contributed by atoms with Crippen LogP contribution in [0.15, 0.2) is 71.7 Å². The van der Waals surface area contributed by atoms with Gasteiger partial charge in [0.1, 0.15) is 0 Å². The van der Waals surface area contributed by atoms with Crippen LogP contribution in [-0.4, -0.2) is 15.6 Å². The molecule has 1 amide bonds. The van der Waals surface area contributed by atoms with Gasteiger partial charge in [0.05, 0.1) is 11.6 Å². The van der Waals surface area contributed by atoms with Crippen LogP contribution in [0, 0.1) is 0 Å². The summed E-state index contributed by atoms with van der Waals surface area (Å²) in [5, 5.41) is 12.8. The Balaban J connectivity index is 1.82. The van der Waals surface area contributed by atoms with Crippen molar-refractivity contribution in [3.8, 4) is 16.9 Å². The number of carbonyl (C=O) groups is 1. The average molecular weight is 348 g/mol. The summed E-state index contributed by atoms with van der Waals surface area (Å²) < 4.78 is 1.22. The van der Waals surface area contributed by atoms with Gasteiger partial charge in [0, 0.05) is 13.2 Å². The minimum atomic E-state index is -0.601. The fourth-order valence-electron chi connectivity index (χ4n) is 2.77. The third kappa shape index (κ3) is 3.52. The van der Waals surface area contributed by atoms with Gasteiger partial charge >= 0.3 is 0 Å². The number of pyridine rings is 1. The second kappa shape index (κ2) is 7.27. The van der Waals surface area contributed by atoms with Gasteiger partial charge in [0.15, 0.2) is 5.75 Å². The van der Waals surface area contributed by atoms with Crippen molar-refractivity contribution in [3.05, 3.63) is 88.3 Å². The van der Waals surface area contributed by atoms with Gasteiger partial charge in [-0.2, -0.15) is 0 Å². The summed E-state index contributed by atoms with van der Waals surface area (Å²) in [4.78, 5) is 24.2. The Bertz CT molecular complexity index is 994. The van der Waals surface area contributed by atoms with E-state index in [0.29, 0.717) is 0 Å². The first-order valence-corrected chi connectivity index (χ1v) is 8.32. The molecule has 132 valence electrons. The molecule has 0 fully saturated rings. The Kier molecular flexibility index (Phi) is 4.89. The molecule has 5 heteroatoms. The highest BCUT2D eigenvalue weighted by atomic mass is 16.3. The first kappa shape index (κ1) is 17.5. The average Bonchev–Trinajstić information content (AvgIpc) is 2.67. The lowest BCUT2D eigenvalue weighted by Gasteiger charge is -2.16. The van der Waals surface area contributed by atoms with E-state index in [0.717, 1.165) is 16.7 Å². The first-order valence-electron chi connectivity index (χ1n) is 8.32. The van der Waals surface area contributed by atoms with Crippen LogP contribution in [0.5, 0.6) is 5.75 Å². The van der Waals surface area contributed by atoms with Crippen molar-refractivity contribution in [2.24, 2.45) is 7.05 Å². The number of nitrogens with zero attached hydrogens (tertiary/aromatic N) is 1. The summed E-state index contributed by atoms with van der Waals surface area (Å²) in [5.41, 5.74) is 2.45. The minimum absolute atomic E-state index is 0.0286. The van der Waals surface area contributed by atoms with Crippen molar-refractivity contribution in [3.63, 3.8) is 0 Å². The van der Waals surface area contributed by atoms with Crippen LogP contribution in [-0.2, 0) is 7.05 Å². The summed E-state index contributed by atoms with van der Waals surface area (Å²) >= 11 is 0. The highest BCUT2D eigenvalue weighted by molar-refractivity contribution is 5.96. The standard InChI is InChI=1S/C21H20N2O3/c1-14(22-20(25)18-11-12-23(2)21(26)19(18)24)16-9-6-10-17(13-16)15-7-4-3-5-8-15/h3-14,24H,1-2H3,(H,22,25). The lowest BCUT2D eigenvalue weighted by Crippen LogP contribution is -2.29. The third-order valence-electron chi connectivity index (χ3n) is 4.33. The van der Waals surface area contributed by atoms with E-state index in [9.17, 15) is 14.7 Å². The molecular weight excluding hydrogens is 328 g/mol. The van der Waals surface area contributed by atoms with Gasteiger partial charge in [-0.05, 0) is 35.7 Å². The van der Waals surface area contributed by atoms with Gasteiger partial charge in [0.2, 0.25) is 0 Å². The zero-order valence-electron chi connectivity index (χ0n) is 14.6. The number of carbonyl (C=O) groups excluding carboxylic acids is 1. The molecular formula is C21H20N2O3. The number of amides is 1. The van der Waals surface area contributed by atoms with Gasteiger partial charge in [-0.1, -0.05) is 48.5 Å². The molecule has 0 saturated heterocycles. The largest absolute Gasteiger partial charge is 0.502 e. The maximum absolute atomic E-state index is 12.4. The normalized spacial score (nSPS) is 11.8. The second-order valence-corrected chi connectivity index (χ2v) is 6.18. The number of aromatic hydroxyl groups is 1. The van der Waals surface area contributed by atoms with E-state index in [1.54, 1.807) is 0 Å². The van der Waals surface area contributed by atoms with Gasteiger partial charge in [0.25, 0.3) is 11.5 Å². The molecule has 0 aliphatic carbocycles. The van der Waals surface area contributed by atoms with Crippen LogP contribution >= 0.6 is 0 Å². The molecule has 0 aliphatic rings. The number of aromatic nitrogens is 1.